The lowest BCUT2D eigenvalue weighted by Crippen LogP contribution is -2.61. The highest BCUT2D eigenvalue weighted by atomic mass is 32.2. The summed E-state index contributed by atoms with van der Waals surface area (Å²) in [5.74, 6) is 0. The molecule has 0 aliphatic carbocycles. The fourth-order valence-electron chi connectivity index (χ4n) is 2.69. The number of nitrogens with zero attached hydrogens (tertiary/aromatic N) is 2. The number of nitrogens with two attached hydrogens (primary N) is 1. The van der Waals surface area contributed by atoms with Gasteiger partial charge in [-0.05, 0) is 13.0 Å². The number of piperidine rings is 1. The summed E-state index contributed by atoms with van der Waals surface area (Å²) in [4.78, 5) is 2.34. The first-order valence-corrected chi connectivity index (χ1v) is 7.99. The predicted octanol–water partition coefficient (Wildman–Crippen LogP) is -1.75. The van der Waals surface area contributed by atoms with Gasteiger partial charge in [0.25, 0.3) is 0 Å². The average molecular weight is 262 g/mol. The van der Waals surface area contributed by atoms with Crippen LogP contribution in [0.25, 0.3) is 0 Å². The number of sulfonamides is 1. The lowest BCUT2D eigenvalue weighted by atomic mass is 9.99. The zero-order valence-electron chi connectivity index (χ0n) is 10.3. The lowest BCUT2D eigenvalue weighted by Gasteiger charge is -2.42. The zero-order valence-corrected chi connectivity index (χ0v) is 11.1. The van der Waals surface area contributed by atoms with Crippen LogP contribution in [0, 0.1) is 0 Å². The van der Waals surface area contributed by atoms with Gasteiger partial charge in [0.05, 0.1) is 6.26 Å². The largest absolute Gasteiger partial charge is 0.325 e. The maximum absolute atomic E-state index is 11.4. The Kier molecular flexibility index (Phi) is 4.04. The molecule has 3 N–H and O–H groups in total. The summed E-state index contributed by atoms with van der Waals surface area (Å²) < 4.78 is 24.4. The van der Waals surface area contributed by atoms with Gasteiger partial charge in [0.15, 0.2) is 0 Å². The van der Waals surface area contributed by atoms with Gasteiger partial charge in [0.1, 0.15) is 0 Å². The van der Waals surface area contributed by atoms with Crippen LogP contribution in [0.4, 0.5) is 0 Å². The molecule has 2 atom stereocenters. The molecule has 2 aliphatic rings. The van der Waals surface area contributed by atoms with Crippen molar-refractivity contribution in [1.29, 1.82) is 0 Å². The molecule has 0 amide bonds. The third-order valence-electron chi connectivity index (χ3n) is 3.70. The topological polar surface area (TPSA) is 78.7 Å². The molecule has 0 aromatic rings. The molecule has 2 fully saturated rings. The van der Waals surface area contributed by atoms with Gasteiger partial charge in [0, 0.05) is 44.8 Å². The Hall–Kier alpha value is -0.210. The Morgan fingerprint density at radius 1 is 1.24 bits per heavy atom. The smallest absolute Gasteiger partial charge is 0.211 e. The summed E-state index contributed by atoms with van der Waals surface area (Å²) >= 11 is 0. The highest BCUT2D eigenvalue weighted by molar-refractivity contribution is 7.88. The standard InChI is InChI=1S/C10H22N4O2S/c1-17(15,16)14-6-4-13(5-7-14)10-2-3-12-8-9(10)11/h9-10,12H,2-8,11H2,1H3. The van der Waals surface area contributed by atoms with Crippen molar-refractivity contribution < 1.29 is 8.42 Å². The van der Waals surface area contributed by atoms with E-state index in [2.05, 4.69) is 10.2 Å². The first-order valence-electron chi connectivity index (χ1n) is 6.14. The maximum atomic E-state index is 11.4. The lowest BCUT2D eigenvalue weighted by molar-refractivity contribution is 0.103. The van der Waals surface area contributed by atoms with Gasteiger partial charge in [-0.2, -0.15) is 4.31 Å². The van der Waals surface area contributed by atoms with E-state index in [0.29, 0.717) is 19.1 Å². The molecular weight excluding hydrogens is 240 g/mol. The molecule has 2 aliphatic heterocycles. The molecule has 2 saturated heterocycles. The first-order chi connectivity index (χ1) is 7.98. The Morgan fingerprint density at radius 2 is 1.88 bits per heavy atom. The molecule has 0 radical (unpaired) electrons. The van der Waals surface area contributed by atoms with Crippen LogP contribution in [0.1, 0.15) is 6.42 Å². The first kappa shape index (κ1) is 13.2. The molecular formula is C10H22N4O2S. The van der Waals surface area contributed by atoms with E-state index in [-0.39, 0.29) is 6.04 Å². The Bertz CT molecular complexity index is 351. The van der Waals surface area contributed by atoms with Crippen LogP contribution >= 0.6 is 0 Å². The summed E-state index contributed by atoms with van der Waals surface area (Å²) in [5.41, 5.74) is 6.09. The summed E-state index contributed by atoms with van der Waals surface area (Å²) in [6, 6.07) is 0.562. The SMILES string of the molecule is CS(=O)(=O)N1CCN(C2CCNCC2N)CC1. The Balaban J connectivity index is 1.90. The molecule has 2 rings (SSSR count). The monoisotopic (exact) mass is 262 g/mol. The Labute approximate surface area is 103 Å². The van der Waals surface area contributed by atoms with Crippen molar-refractivity contribution in [2.75, 3.05) is 45.5 Å². The number of hydrogen-bond acceptors (Lipinski definition) is 5. The molecule has 7 heteroatoms. The highest BCUT2D eigenvalue weighted by Crippen LogP contribution is 2.15. The fourth-order valence-corrected chi connectivity index (χ4v) is 3.52. The molecule has 0 spiro atoms. The van der Waals surface area contributed by atoms with Gasteiger partial charge in [-0.25, -0.2) is 8.42 Å². The highest BCUT2D eigenvalue weighted by Gasteiger charge is 2.31. The van der Waals surface area contributed by atoms with Crippen molar-refractivity contribution >= 4 is 10.0 Å². The van der Waals surface area contributed by atoms with E-state index in [1.807, 2.05) is 0 Å². The molecule has 17 heavy (non-hydrogen) atoms. The van der Waals surface area contributed by atoms with E-state index in [9.17, 15) is 8.42 Å². The van der Waals surface area contributed by atoms with Crippen LogP contribution in [0.15, 0.2) is 0 Å². The molecule has 0 aromatic carbocycles. The van der Waals surface area contributed by atoms with Crippen LogP contribution in [-0.4, -0.2) is 75.2 Å². The van der Waals surface area contributed by atoms with Crippen LogP contribution in [0.5, 0.6) is 0 Å². The molecule has 0 bridgehead atoms. The van der Waals surface area contributed by atoms with Crippen LogP contribution in [0.2, 0.25) is 0 Å². The molecule has 0 saturated carbocycles. The van der Waals surface area contributed by atoms with Crippen molar-refractivity contribution in [2.45, 2.75) is 18.5 Å². The van der Waals surface area contributed by atoms with Gasteiger partial charge < -0.3 is 11.1 Å². The summed E-state index contributed by atoms with van der Waals surface area (Å²) in [7, 11) is -3.03. The van der Waals surface area contributed by atoms with Crippen molar-refractivity contribution in [3.05, 3.63) is 0 Å². The fraction of sp³-hybridized carbons (Fsp3) is 1.00. The van der Waals surface area contributed by atoms with Gasteiger partial charge in [-0.15, -0.1) is 0 Å². The number of nitrogens with one attached hydrogen (secondary N) is 1. The quantitative estimate of drug-likeness (QED) is 0.617. The molecule has 100 valence electrons. The molecule has 2 unspecified atom stereocenters. The summed E-state index contributed by atoms with van der Waals surface area (Å²) in [5, 5.41) is 3.28. The zero-order chi connectivity index (χ0) is 12.5. The average Bonchev–Trinajstić information content (AvgIpc) is 2.29. The van der Waals surface area contributed by atoms with E-state index in [1.165, 1.54) is 6.26 Å². The molecule has 2 heterocycles. The predicted molar refractivity (Wildman–Crippen MR) is 67.2 cm³/mol. The normalized spacial score (nSPS) is 33.8. The molecule has 0 aromatic heterocycles. The van der Waals surface area contributed by atoms with Gasteiger partial charge in [0.2, 0.25) is 10.0 Å². The Morgan fingerprint density at radius 3 is 2.41 bits per heavy atom. The third-order valence-corrected chi connectivity index (χ3v) is 5.01. The van der Waals surface area contributed by atoms with Crippen molar-refractivity contribution in [2.24, 2.45) is 5.73 Å². The number of piperazine rings is 1. The second-order valence-corrected chi connectivity index (χ2v) is 6.90. The second kappa shape index (κ2) is 5.19. The minimum Gasteiger partial charge on any atom is -0.325 e. The van der Waals surface area contributed by atoms with Gasteiger partial charge in [-0.1, -0.05) is 0 Å². The summed E-state index contributed by atoms with van der Waals surface area (Å²) in [6.07, 6.45) is 2.33. The van der Waals surface area contributed by atoms with Crippen LogP contribution in [0.3, 0.4) is 0 Å². The number of hydrogen-bond donors (Lipinski definition) is 2. The third kappa shape index (κ3) is 3.17. The molecule has 6 nitrogen and oxygen atoms in total. The van der Waals surface area contributed by atoms with Crippen LogP contribution < -0.4 is 11.1 Å². The van der Waals surface area contributed by atoms with Gasteiger partial charge >= 0.3 is 0 Å². The van der Waals surface area contributed by atoms with E-state index in [1.54, 1.807) is 4.31 Å². The van der Waals surface area contributed by atoms with Crippen molar-refractivity contribution in [3.63, 3.8) is 0 Å². The van der Waals surface area contributed by atoms with Crippen LogP contribution in [-0.2, 0) is 10.0 Å². The minimum atomic E-state index is -3.03. The van der Waals surface area contributed by atoms with Crippen molar-refractivity contribution in [3.8, 4) is 0 Å². The maximum Gasteiger partial charge on any atom is 0.211 e. The van der Waals surface area contributed by atoms with Gasteiger partial charge in [-0.3, -0.25) is 4.90 Å². The van der Waals surface area contributed by atoms with E-state index < -0.39 is 10.0 Å². The van der Waals surface area contributed by atoms with E-state index in [4.69, 9.17) is 5.73 Å². The summed E-state index contributed by atoms with van der Waals surface area (Å²) in [6.45, 7) is 4.64. The van der Waals surface area contributed by atoms with E-state index in [0.717, 1.165) is 32.6 Å². The number of rotatable bonds is 2. The second-order valence-electron chi connectivity index (χ2n) is 4.92. The minimum absolute atomic E-state index is 0.161. The van der Waals surface area contributed by atoms with Crippen molar-refractivity contribution in [1.82, 2.24) is 14.5 Å². The van der Waals surface area contributed by atoms with E-state index >= 15 is 0 Å².